The summed E-state index contributed by atoms with van der Waals surface area (Å²) in [5.41, 5.74) is 1.38. The zero-order chi connectivity index (χ0) is 20.6. The highest BCUT2D eigenvalue weighted by atomic mass is 35.5. The van der Waals surface area contributed by atoms with Crippen molar-refractivity contribution in [2.45, 2.75) is 37.2 Å². The molecule has 3 rings (SSSR count). The molecule has 0 fully saturated rings. The minimum atomic E-state index is -3.96. The number of aryl methyl sites for hydroxylation is 1. The molecule has 148 valence electrons. The van der Waals surface area contributed by atoms with Gasteiger partial charge in [-0.05, 0) is 43.2 Å². The number of benzene rings is 2. The van der Waals surface area contributed by atoms with E-state index in [4.69, 9.17) is 23.2 Å². The lowest BCUT2D eigenvalue weighted by Gasteiger charge is -2.30. The van der Waals surface area contributed by atoms with Crippen LogP contribution in [0.2, 0.25) is 10.0 Å². The van der Waals surface area contributed by atoms with E-state index in [0.29, 0.717) is 17.0 Å². The number of rotatable bonds is 5. The molecule has 1 N–H and O–H groups in total. The van der Waals surface area contributed by atoms with Crippen LogP contribution in [-0.2, 0) is 14.8 Å². The number of aliphatic carboxylic acids is 1. The molecule has 1 aliphatic rings. The summed E-state index contributed by atoms with van der Waals surface area (Å²) >= 11 is 12.1. The first-order valence-corrected chi connectivity index (χ1v) is 10.9. The van der Waals surface area contributed by atoms with Crippen molar-refractivity contribution in [3.8, 4) is 0 Å². The number of carboxylic acid groups (broad SMARTS) is 1. The van der Waals surface area contributed by atoms with E-state index < -0.39 is 28.1 Å². The van der Waals surface area contributed by atoms with Crippen LogP contribution in [0.15, 0.2) is 59.0 Å². The predicted octanol–water partition coefficient (Wildman–Crippen LogP) is 4.84. The van der Waals surface area contributed by atoms with Crippen LogP contribution in [0.4, 0.5) is 0 Å². The molecule has 2 atom stereocenters. The summed E-state index contributed by atoms with van der Waals surface area (Å²) in [7, 11) is -3.96. The Labute approximate surface area is 174 Å². The first-order chi connectivity index (χ1) is 13.2. The largest absolute Gasteiger partial charge is 0.478 e. The third-order valence-corrected chi connectivity index (χ3v) is 7.41. The fourth-order valence-corrected chi connectivity index (χ4v) is 5.45. The van der Waals surface area contributed by atoms with Crippen LogP contribution in [0, 0.1) is 6.92 Å². The minimum Gasteiger partial charge on any atom is -0.478 e. The summed E-state index contributed by atoms with van der Waals surface area (Å²) in [5, 5.41) is 10.3. The quantitative estimate of drug-likeness (QED) is 0.722. The van der Waals surface area contributed by atoms with Crippen LogP contribution < -0.4 is 0 Å². The fourth-order valence-electron chi connectivity index (χ4n) is 3.34. The Balaban J connectivity index is 2.19. The monoisotopic (exact) mass is 439 g/mol. The normalized spacial score (nSPS) is 20.2. The van der Waals surface area contributed by atoms with Gasteiger partial charge in [0.25, 0.3) is 0 Å². The Hall–Kier alpha value is -1.86. The molecule has 5 nitrogen and oxygen atoms in total. The first kappa shape index (κ1) is 20.9. The van der Waals surface area contributed by atoms with Crippen molar-refractivity contribution in [2.24, 2.45) is 0 Å². The van der Waals surface area contributed by atoms with Crippen molar-refractivity contribution in [3.05, 3.63) is 75.3 Å². The molecule has 2 aromatic rings. The second kappa shape index (κ2) is 7.87. The van der Waals surface area contributed by atoms with Crippen LogP contribution in [0.3, 0.4) is 0 Å². The van der Waals surface area contributed by atoms with E-state index in [1.54, 1.807) is 18.2 Å². The van der Waals surface area contributed by atoms with Gasteiger partial charge in [0, 0.05) is 6.04 Å². The topological polar surface area (TPSA) is 74.7 Å². The van der Waals surface area contributed by atoms with E-state index in [2.05, 4.69) is 0 Å². The molecule has 1 heterocycles. The molecule has 0 spiro atoms. The van der Waals surface area contributed by atoms with E-state index >= 15 is 0 Å². The lowest BCUT2D eigenvalue weighted by atomic mass is 10.0. The Morgan fingerprint density at radius 3 is 2.29 bits per heavy atom. The van der Waals surface area contributed by atoms with Crippen molar-refractivity contribution >= 4 is 39.2 Å². The molecule has 0 unspecified atom stereocenters. The molecule has 2 aromatic carbocycles. The van der Waals surface area contributed by atoms with Gasteiger partial charge in [-0.2, -0.15) is 4.31 Å². The average Bonchev–Trinajstić information content (AvgIpc) is 3.05. The second-order valence-corrected chi connectivity index (χ2v) is 9.28. The van der Waals surface area contributed by atoms with E-state index in [9.17, 15) is 18.3 Å². The van der Waals surface area contributed by atoms with E-state index in [-0.39, 0.29) is 15.5 Å². The smallest absolute Gasteiger partial charge is 0.333 e. The van der Waals surface area contributed by atoms with Gasteiger partial charge in [-0.1, -0.05) is 60.0 Å². The molecule has 0 aliphatic carbocycles. The number of nitrogens with zero attached hydrogens (tertiary/aromatic N) is 1. The summed E-state index contributed by atoms with van der Waals surface area (Å²) in [6, 6.07) is 9.55. The van der Waals surface area contributed by atoms with Crippen LogP contribution in [0.1, 0.15) is 30.5 Å². The van der Waals surface area contributed by atoms with Crippen molar-refractivity contribution in [1.82, 2.24) is 4.31 Å². The third-order valence-electron chi connectivity index (χ3n) is 4.77. The standard InChI is InChI=1S/C20H19Cl2NO4S/c1-3-14-11-16(20(24)25)19(13-6-9-17(21)18(22)10-13)23(14)28(26,27)15-7-4-12(2)5-8-15/h4-11,14,19H,3H2,1-2H3,(H,24,25)/t14-,19+/m0/s1. The molecule has 8 heteroatoms. The van der Waals surface area contributed by atoms with Gasteiger partial charge in [0.15, 0.2) is 0 Å². The van der Waals surface area contributed by atoms with Gasteiger partial charge in [0.1, 0.15) is 0 Å². The summed E-state index contributed by atoms with van der Waals surface area (Å²) in [4.78, 5) is 12.0. The average molecular weight is 440 g/mol. The lowest BCUT2D eigenvalue weighted by Crippen LogP contribution is -2.38. The molecule has 0 saturated carbocycles. The second-order valence-electron chi connectivity index (χ2n) is 6.63. The van der Waals surface area contributed by atoms with Crippen molar-refractivity contribution in [2.75, 3.05) is 0 Å². The van der Waals surface area contributed by atoms with Crippen LogP contribution in [-0.4, -0.2) is 29.8 Å². The van der Waals surface area contributed by atoms with Gasteiger partial charge in [-0.15, -0.1) is 0 Å². The van der Waals surface area contributed by atoms with Gasteiger partial charge in [-0.25, -0.2) is 13.2 Å². The molecule has 0 radical (unpaired) electrons. The predicted molar refractivity (Wildman–Crippen MR) is 109 cm³/mol. The molecule has 0 amide bonds. The van der Waals surface area contributed by atoms with Gasteiger partial charge < -0.3 is 5.11 Å². The summed E-state index contributed by atoms with van der Waals surface area (Å²) in [6.45, 7) is 3.68. The Morgan fingerprint density at radius 1 is 1.11 bits per heavy atom. The van der Waals surface area contributed by atoms with E-state index in [1.807, 2.05) is 13.8 Å². The van der Waals surface area contributed by atoms with Crippen molar-refractivity contribution in [3.63, 3.8) is 0 Å². The molecule has 1 aliphatic heterocycles. The van der Waals surface area contributed by atoms with E-state index in [0.717, 1.165) is 5.56 Å². The number of sulfonamides is 1. The molecule has 28 heavy (non-hydrogen) atoms. The Kier molecular flexibility index (Phi) is 5.87. The molecular weight excluding hydrogens is 421 g/mol. The third kappa shape index (κ3) is 3.70. The first-order valence-electron chi connectivity index (χ1n) is 8.67. The molecule has 0 aromatic heterocycles. The number of halogens is 2. The summed E-state index contributed by atoms with van der Waals surface area (Å²) in [5.74, 6) is -1.17. The van der Waals surface area contributed by atoms with Crippen LogP contribution in [0.5, 0.6) is 0 Å². The Bertz CT molecular complexity index is 1050. The van der Waals surface area contributed by atoms with Crippen molar-refractivity contribution in [1.29, 1.82) is 0 Å². The van der Waals surface area contributed by atoms with Gasteiger partial charge in [0.2, 0.25) is 10.0 Å². The SMILES string of the molecule is CC[C@H]1C=C(C(=O)O)[C@@H](c2ccc(Cl)c(Cl)c2)N1S(=O)(=O)c1ccc(C)cc1. The number of carboxylic acids is 1. The molecule has 0 saturated heterocycles. The number of hydrogen-bond donors (Lipinski definition) is 1. The number of hydrogen-bond acceptors (Lipinski definition) is 3. The maximum atomic E-state index is 13.5. The van der Waals surface area contributed by atoms with E-state index in [1.165, 1.54) is 34.6 Å². The lowest BCUT2D eigenvalue weighted by molar-refractivity contribution is -0.133. The van der Waals surface area contributed by atoms with Crippen LogP contribution >= 0.6 is 23.2 Å². The minimum absolute atomic E-state index is 0.000857. The summed E-state index contributed by atoms with van der Waals surface area (Å²) in [6.07, 6.45) is 1.93. The molecule has 0 bridgehead atoms. The highest BCUT2D eigenvalue weighted by molar-refractivity contribution is 7.89. The highest BCUT2D eigenvalue weighted by Gasteiger charge is 2.45. The van der Waals surface area contributed by atoms with Gasteiger partial charge in [-0.3, -0.25) is 0 Å². The van der Waals surface area contributed by atoms with Crippen LogP contribution in [0.25, 0.3) is 0 Å². The summed E-state index contributed by atoms with van der Waals surface area (Å²) < 4.78 is 28.2. The maximum absolute atomic E-state index is 13.5. The zero-order valence-electron chi connectivity index (χ0n) is 15.3. The Morgan fingerprint density at radius 2 is 1.75 bits per heavy atom. The van der Waals surface area contributed by atoms with Gasteiger partial charge >= 0.3 is 5.97 Å². The van der Waals surface area contributed by atoms with Gasteiger partial charge in [0.05, 0.1) is 26.6 Å². The number of carbonyl (C=O) groups is 1. The zero-order valence-corrected chi connectivity index (χ0v) is 17.6. The maximum Gasteiger partial charge on any atom is 0.333 e. The fraction of sp³-hybridized carbons (Fsp3) is 0.250. The molecular formula is C20H19Cl2NO4S. The highest BCUT2D eigenvalue weighted by Crippen LogP contribution is 2.43. The van der Waals surface area contributed by atoms with Crippen molar-refractivity contribution < 1.29 is 18.3 Å².